The van der Waals surface area contributed by atoms with E-state index in [1.54, 1.807) is 6.20 Å². The zero-order valence-corrected chi connectivity index (χ0v) is 18.6. The van der Waals surface area contributed by atoms with Crippen LogP contribution in [0.15, 0.2) is 60.9 Å². The van der Waals surface area contributed by atoms with Crippen LogP contribution in [0.1, 0.15) is 16.8 Å². The van der Waals surface area contributed by atoms with Gasteiger partial charge < -0.3 is 15.1 Å². The molecule has 1 saturated heterocycles. The Labute approximate surface area is 191 Å². The van der Waals surface area contributed by atoms with E-state index >= 15 is 0 Å². The molecule has 0 unspecified atom stereocenters. The highest BCUT2D eigenvalue weighted by atomic mass is 35.5. The van der Waals surface area contributed by atoms with Crippen LogP contribution in [0.5, 0.6) is 0 Å². The summed E-state index contributed by atoms with van der Waals surface area (Å²) in [4.78, 5) is 26.6. The molecule has 0 spiro atoms. The lowest BCUT2D eigenvalue weighted by atomic mass is 10.0. The first-order valence-corrected chi connectivity index (χ1v) is 11.1. The van der Waals surface area contributed by atoms with Crippen molar-refractivity contribution in [3.8, 4) is 0 Å². The minimum atomic E-state index is 0.0552. The topological polar surface area (TPSA) is 61.4 Å². The van der Waals surface area contributed by atoms with Gasteiger partial charge in [0.25, 0.3) is 5.91 Å². The van der Waals surface area contributed by atoms with Gasteiger partial charge >= 0.3 is 0 Å². The first-order valence-electron chi connectivity index (χ1n) is 10.8. The summed E-state index contributed by atoms with van der Waals surface area (Å²) >= 11 is 6.16. The van der Waals surface area contributed by atoms with Gasteiger partial charge in [0.15, 0.2) is 0 Å². The fraction of sp³-hybridized carbons (Fsp3) is 0.240. The van der Waals surface area contributed by atoms with Crippen molar-refractivity contribution in [2.75, 3.05) is 38.5 Å². The lowest BCUT2D eigenvalue weighted by Crippen LogP contribution is -2.34. The van der Waals surface area contributed by atoms with E-state index in [0.29, 0.717) is 16.4 Å². The van der Waals surface area contributed by atoms with Gasteiger partial charge in [-0.15, -0.1) is 0 Å². The molecular formula is C25H24ClN5O. The molecule has 6 nitrogen and oxygen atoms in total. The molecule has 7 heteroatoms. The van der Waals surface area contributed by atoms with Crippen molar-refractivity contribution in [1.82, 2.24) is 19.8 Å². The van der Waals surface area contributed by atoms with Gasteiger partial charge in [0, 0.05) is 64.5 Å². The maximum absolute atomic E-state index is 13.2. The zero-order chi connectivity index (χ0) is 22.1. The van der Waals surface area contributed by atoms with E-state index < -0.39 is 0 Å². The van der Waals surface area contributed by atoms with Crippen LogP contribution >= 0.6 is 11.6 Å². The number of hydrogen-bond donors (Lipinski definition) is 1. The molecule has 0 radical (unpaired) electrons. The third kappa shape index (κ3) is 4.11. The number of benzene rings is 2. The fourth-order valence-corrected chi connectivity index (χ4v) is 4.40. The monoisotopic (exact) mass is 445 g/mol. The molecular weight excluding hydrogens is 422 g/mol. The van der Waals surface area contributed by atoms with E-state index in [4.69, 9.17) is 16.6 Å². The van der Waals surface area contributed by atoms with E-state index in [-0.39, 0.29) is 5.91 Å². The number of halogens is 1. The first-order chi connectivity index (χ1) is 15.6. The van der Waals surface area contributed by atoms with Gasteiger partial charge in [0.05, 0.1) is 5.52 Å². The summed E-state index contributed by atoms with van der Waals surface area (Å²) in [6.45, 7) is 3.42. The Kier molecular flexibility index (Phi) is 5.64. The highest BCUT2D eigenvalue weighted by Gasteiger charge is 2.20. The summed E-state index contributed by atoms with van der Waals surface area (Å²) in [5, 5.41) is 6.94. The Morgan fingerprint density at radius 3 is 2.78 bits per heavy atom. The maximum Gasteiger partial charge on any atom is 0.253 e. The van der Waals surface area contributed by atoms with Crippen LogP contribution in [0, 0.1) is 0 Å². The van der Waals surface area contributed by atoms with Crippen molar-refractivity contribution in [3.05, 3.63) is 71.5 Å². The quantitative estimate of drug-likeness (QED) is 0.452. The minimum Gasteiger partial charge on any atom is -0.340 e. The van der Waals surface area contributed by atoms with Gasteiger partial charge in [-0.3, -0.25) is 9.78 Å². The molecule has 1 amide bonds. The molecule has 2 aromatic carbocycles. The van der Waals surface area contributed by atoms with Gasteiger partial charge in [-0.1, -0.05) is 23.7 Å². The second kappa shape index (κ2) is 8.73. The number of aromatic nitrogens is 2. The molecule has 1 aliphatic heterocycles. The summed E-state index contributed by atoms with van der Waals surface area (Å²) in [6.07, 6.45) is 4.58. The molecule has 0 saturated carbocycles. The van der Waals surface area contributed by atoms with Gasteiger partial charge in [-0.05, 0) is 56.4 Å². The van der Waals surface area contributed by atoms with Crippen LogP contribution in [0.25, 0.3) is 21.7 Å². The number of carbonyl (C=O) groups is 1. The summed E-state index contributed by atoms with van der Waals surface area (Å²) in [5.41, 5.74) is 2.27. The van der Waals surface area contributed by atoms with Crippen LogP contribution in [-0.2, 0) is 0 Å². The molecule has 32 heavy (non-hydrogen) atoms. The minimum absolute atomic E-state index is 0.0552. The van der Waals surface area contributed by atoms with Crippen molar-refractivity contribution in [3.63, 3.8) is 0 Å². The van der Waals surface area contributed by atoms with Crippen LogP contribution in [0.4, 0.5) is 11.5 Å². The van der Waals surface area contributed by atoms with E-state index in [2.05, 4.69) is 22.2 Å². The average Bonchev–Trinajstić information content (AvgIpc) is 3.03. The summed E-state index contributed by atoms with van der Waals surface area (Å²) < 4.78 is 0. The molecule has 1 N–H and O–H groups in total. The predicted molar refractivity (Wildman–Crippen MR) is 130 cm³/mol. The normalized spacial score (nSPS) is 15.1. The number of rotatable bonds is 3. The van der Waals surface area contributed by atoms with Gasteiger partial charge in [0.2, 0.25) is 0 Å². The summed E-state index contributed by atoms with van der Waals surface area (Å²) in [7, 11) is 2.10. The van der Waals surface area contributed by atoms with Crippen molar-refractivity contribution < 1.29 is 4.79 Å². The summed E-state index contributed by atoms with van der Waals surface area (Å²) in [5.74, 6) is 0.762. The van der Waals surface area contributed by atoms with E-state index in [1.165, 1.54) is 0 Å². The van der Waals surface area contributed by atoms with Crippen LogP contribution in [0.2, 0.25) is 5.02 Å². The molecule has 0 atom stereocenters. The lowest BCUT2D eigenvalue weighted by Gasteiger charge is -2.21. The number of anilines is 2. The molecule has 4 aromatic rings. The van der Waals surface area contributed by atoms with E-state index in [1.807, 2.05) is 59.6 Å². The zero-order valence-electron chi connectivity index (χ0n) is 17.9. The smallest absolute Gasteiger partial charge is 0.253 e. The molecule has 1 aliphatic rings. The molecule has 1 fully saturated rings. The highest BCUT2D eigenvalue weighted by Crippen LogP contribution is 2.31. The number of amides is 1. The third-order valence-corrected chi connectivity index (χ3v) is 6.17. The number of fused-ring (bicyclic) bond motifs is 3. The summed E-state index contributed by atoms with van der Waals surface area (Å²) in [6, 6.07) is 15.2. The fourth-order valence-electron chi connectivity index (χ4n) is 4.21. The Morgan fingerprint density at radius 1 is 1.00 bits per heavy atom. The molecule has 0 bridgehead atoms. The number of carbonyl (C=O) groups excluding carboxylic acids is 1. The number of pyridine rings is 2. The number of hydrogen-bond acceptors (Lipinski definition) is 5. The Bertz CT molecular complexity index is 1310. The Balaban J connectivity index is 1.56. The molecule has 0 aliphatic carbocycles. The standard InChI is InChI=1S/C25H24ClN5O/c1-30-10-3-11-31(13-12-30)25(32)17-6-7-20-22-16-27-9-8-21(22)24(29-23(20)14-17)28-19-5-2-4-18(26)15-19/h2,4-9,14-16H,3,10-13H2,1H3,(H,28,29). The molecule has 162 valence electrons. The van der Waals surface area contributed by atoms with Crippen LogP contribution < -0.4 is 5.32 Å². The van der Waals surface area contributed by atoms with Gasteiger partial charge in [-0.25, -0.2) is 4.98 Å². The predicted octanol–water partition coefficient (Wildman–Crippen LogP) is 4.96. The third-order valence-electron chi connectivity index (χ3n) is 5.94. The van der Waals surface area contributed by atoms with Gasteiger partial charge in [-0.2, -0.15) is 0 Å². The SMILES string of the molecule is CN1CCCN(C(=O)c2ccc3c(c2)nc(Nc2cccc(Cl)c2)c2ccncc23)CC1. The number of nitrogens with zero attached hydrogens (tertiary/aromatic N) is 4. The number of nitrogens with one attached hydrogen (secondary N) is 1. The lowest BCUT2D eigenvalue weighted by molar-refractivity contribution is 0.0763. The average molecular weight is 446 g/mol. The van der Waals surface area contributed by atoms with Crippen molar-refractivity contribution in [2.24, 2.45) is 0 Å². The van der Waals surface area contributed by atoms with E-state index in [0.717, 1.165) is 60.0 Å². The molecule has 2 aromatic heterocycles. The second-order valence-electron chi connectivity index (χ2n) is 8.20. The second-order valence-corrected chi connectivity index (χ2v) is 8.63. The van der Waals surface area contributed by atoms with Crippen LogP contribution in [-0.4, -0.2) is 58.9 Å². The Morgan fingerprint density at radius 2 is 1.91 bits per heavy atom. The van der Waals surface area contributed by atoms with E-state index in [9.17, 15) is 4.79 Å². The van der Waals surface area contributed by atoms with Crippen LogP contribution in [0.3, 0.4) is 0 Å². The molecule has 3 heterocycles. The maximum atomic E-state index is 13.2. The van der Waals surface area contributed by atoms with Crippen molar-refractivity contribution in [2.45, 2.75) is 6.42 Å². The first kappa shape index (κ1) is 20.7. The highest BCUT2D eigenvalue weighted by molar-refractivity contribution is 6.30. The largest absolute Gasteiger partial charge is 0.340 e. The number of likely N-dealkylation sites (N-methyl/N-ethyl adjacent to an activating group) is 1. The van der Waals surface area contributed by atoms with Gasteiger partial charge in [0.1, 0.15) is 5.82 Å². The molecule has 5 rings (SSSR count). The van der Waals surface area contributed by atoms with Crippen molar-refractivity contribution in [1.29, 1.82) is 0 Å². The Hall–Kier alpha value is -3.22. The van der Waals surface area contributed by atoms with Crippen molar-refractivity contribution >= 4 is 50.7 Å².